The quantitative estimate of drug-likeness (QED) is 0.600. The summed E-state index contributed by atoms with van der Waals surface area (Å²) in [5.41, 5.74) is 2.60. The molecular weight excluding hydrogens is 392 g/mol. The maximum atomic E-state index is 13.0. The van der Waals surface area contributed by atoms with Gasteiger partial charge in [-0.05, 0) is 47.9 Å². The van der Waals surface area contributed by atoms with E-state index >= 15 is 0 Å². The van der Waals surface area contributed by atoms with Gasteiger partial charge in [0, 0.05) is 11.1 Å². The van der Waals surface area contributed by atoms with E-state index in [1.165, 1.54) is 0 Å². The smallest absolute Gasteiger partial charge is 0.251 e. The van der Waals surface area contributed by atoms with Crippen LogP contribution in [0.25, 0.3) is 0 Å². The fourth-order valence-corrected chi connectivity index (χ4v) is 3.61. The number of hydrogen-bond acceptors (Lipinski definition) is 4. The Balaban J connectivity index is 1.71. The SMILES string of the molecule is O=C1NC(CO)Cc2cccc(c2)OC[C@H](c2ccccc2)NC(=O)c2cccc1c2. The zero-order valence-electron chi connectivity index (χ0n) is 17.0. The molecule has 31 heavy (non-hydrogen) atoms. The maximum Gasteiger partial charge on any atom is 0.251 e. The molecular formula is C25H24N2O4. The largest absolute Gasteiger partial charge is 0.491 e. The molecule has 2 amide bonds. The van der Waals surface area contributed by atoms with E-state index in [1.807, 2.05) is 54.6 Å². The Morgan fingerprint density at radius 3 is 2.29 bits per heavy atom. The van der Waals surface area contributed by atoms with E-state index < -0.39 is 6.04 Å². The van der Waals surface area contributed by atoms with Gasteiger partial charge in [0.05, 0.1) is 18.7 Å². The minimum atomic E-state index is -0.456. The molecule has 4 rings (SSSR count). The lowest BCUT2D eigenvalue weighted by Crippen LogP contribution is -2.39. The van der Waals surface area contributed by atoms with Gasteiger partial charge in [-0.25, -0.2) is 0 Å². The van der Waals surface area contributed by atoms with Gasteiger partial charge in [-0.15, -0.1) is 0 Å². The molecule has 1 heterocycles. The molecule has 158 valence electrons. The predicted octanol–water partition coefficient (Wildman–Crippen LogP) is 2.88. The second kappa shape index (κ2) is 9.45. The molecule has 0 radical (unpaired) electrons. The Morgan fingerprint density at radius 2 is 1.55 bits per heavy atom. The fourth-order valence-electron chi connectivity index (χ4n) is 3.61. The average molecular weight is 416 g/mol. The number of aliphatic hydroxyl groups is 1. The van der Waals surface area contributed by atoms with Crippen molar-refractivity contribution in [3.05, 3.63) is 101 Å². The van der Waals surface area contributed by atoms with Crippen molar-refractivity contribution in [1.29, 1.82) is 0 Å². The van der Waals surface area contributed by atoms with Crippen LogP contribution in [0, 0.1) is 0 Å². The van der Waals surface area contributed by atoms with Crippen LogP contribution in [-0.4, -0.2) is 36.2 Å². The molecule has 4 bridgehead atoms. The molecule has 1 aliphatic rings. The molecule has 3 N–H and O–H groups in total. The van der Waals surface area contributed by atoms with E-state index in [1.54, 1.807) is 24.3 Å². The van der Waals surface area contributed by atoms with Crippen molar-refractivity contribution in [1.82, 2.24) is 10.6 Å². The second-order valence-electron chi connectivity index (χ2n) is 7.53. The molecule has 0 saturated carbocycles. The van der Waals surface area contributed by atoms with Gasteiger partial charge >= 0.3 is 0 Å². The first-order valence-electron chi connectivity index (χ1n) is 10.2. The minimum Gasteiger partial charge on any atom is -0.491 e. The van der Waals surface area contributed by atoms with Crippen molar-refractivity contribution in [3.8, 4) is 5.75 Å². The molecule has 6 nitrogen and oxygen atoms in total. The molecule has 1 unspecified atom stereocenters. The highest BCUT2D eigenvalue weighted by atomic mass is 16.5. The summed E-state index contributed by atoms with van der Waals surface area (Å²) in [6, 6.07) is 22.9. The number of benzene rings is 3. The Kier molecular flexibility index (Phi) is 6.29. The van der Waals surface area contributed by atoms with E-state index in [2.05, 4.69) is 10.6 Å². The molecule has 1 aliphatic heterocycles. The number of nitrogens with one attached hydrogen (secondary N) is 2. The Labute approximate surface area is 180 Å². The third-order valence-corrected chi connectivity index (χ3v) is 5.25. The number of rotatable bonds is 2. The van der Waals surface area contributed by atoms with E-state index in [4.69, 9.17) is 4.74 Å². The van der Waals surface area contributed by atoms with Gasteiger partial charge in [0.15, 0.2) is 0 Å². The highest BCUT2D eigenvalue weighted by Crippen LogP contribution is 2.20. The molecule has 3 aromatic carbocycles. The van der Waals surface area contributed by atoms with Crippen molar-refractivity contribution < 1.29 is 19.4 Å². The lowest BCUT2D eigenvalue weighted by molar-refractivity contribution is 0.0916. The van der Waals surface area contributed by atoms with Gasteiger partial charge in [0.1, 0.15) is 12.4 Å². The van der Waals surface area contributed by atoms with Crippen LogP contribution in [0.3, 0.4) is 0 Å². The van der Waals surface area contributed by atoms with Crippen LogP contribution in [0.4, 0.5) is 0 Å². The Bertz CT molecular complexity index is 1070. The number of carbonyl (C=O) groups is 2. The molecule has 0 aromatic heterocycles. The van der Waals surface area contributed by atoms with Crippen LogP contribution >= 0.6 is 0 Å². The van der Waals surface area contributed by atoms with Crippen molar-refractivity contribution in [2.24, 2.45) is 0 Å². The Hall–Kier alpha value is -3.64. The van der Waals surface area contributed by atoms with E-state index in [9.17, 15) is 14.7 Å². The van der Waals surface area contributed by atoms with Crippen molar-refractivity contribution in [2.45, 2.75) is 18.5 Å². The summed E-state index contributed by atoms with van der Waals surface area (Å²) in [4.78, 5) is 25.7. The molecule has 0 saturated heterocycles. The van der Waals surface area contributed by atoms with E-state index in [0.29, 0.717) is 23.3 Å². The van der Waals surface area contributed by atoms with Crippen LogP contribution < -0.4 is 15.4 Å². The Morgan fingerprint density at radius 1 is 0.839 bits per heavy atom. The van der Waals surface area contributed by atoms with Crippen molar-refractivity contribution >= 4 is 11.8 Å². The van der Waals surface area contributed by atoms with E-state index in [-0.39, 0.29) is 31.1 Å². The number of hydrogen-bond donors (Lipinski definition) is 3. The molecule has 2 atom stereocenters. The lowest BCUT2D eigenvalue weighted by atomic mass is 10.0. The molecule has 0 aliphatic carbocycles. The molecule has 3 aromatic rings. The maximum absolute atomic E-state index is 13.0. The predicted molar refractivity (Wildman–Crippen MR) is 117 cm³/mol. The van der Waals surface area contributed by atoms with Crippen LogP contribution in [0.5, 0.6) is 5.75 Å². The molecule has 6 heteroatoms. The normalized spacial score (nSPS) is 19.3. The van der Waals surface area contributed by atoms with Gasteiger partial charge in [0.25, 0.3) is 11.8 Å². The molecule has 0 spiro atoms. The number of aliphatic hydroxyl groups excluding tert-OH is 1. The minimum absolute atomic E-state index is 0.201. The summed E-state index contributed by atoms with van der Waals surface area (Å²) in [6.45, 7) is 0.0482. The highest BCUT2D eigenvalue weighted by molar-refractivity contribution is 5.99. The van der Waals surface area contributed by atoms with Gasteiger partial charge < -0.3 is 20.5 Å². The average Bonchev–Trinajstić information content (AvgIpc) is 2.81. The zero-order valence-corrected chi connectivity index (χ0v) is 17.0. The fraction of sp³-hybridized carbons (Fsp3) is 0.200. The summed E-state index contributed by atoms with van der Waals surface area (Å²) < 4.78 is 6.02. The van der Waals surface area contributed by atoms with E-state index in [0.717, 1.165) is 11.1 Å². The third kappa shape index (κ3) is 5.10. The number of fused-ring (bicyclic) bond motifs is 4. The first-order valence-corrected chi connectivity index (χ1v) is 10.2. The van der Waals surface area contributed by atoms with Gasteiger partial charge in [0.2, 0.25) is 0 Å². The van der Waals surface area contributed by atoms with Crippen molar-refractivity contribution in [2.75, 3.05) is 13.2 Å². The summed E-state index contributed by atoms with van der Waals surface area (Å²) in [5.74, 6) is 0.0242. The van der Waals surface area contributed by atoms with Gasteiger partial charge in [-0.3, -0.25) is 9.59 Å². The van der Waals surface area contributed by atoms with Crippen LogP contribution in [0.2, 0.25) is 0 Å². The third-order valence-electron chi connectivity index (χ3n) is 5.25. The van der Waals surface area contributed by atoms with Crippen LogP contribution in [-0.2, 0) is 6.42 Å². The number of amides is 2. The lowest BCUT2D eigenvalue weighted by Gasteiger charge is -2.20. The summed E-state index contributed by atoms with van der Waals surface area (Å²) >= 11 is 0. The van der Waals surface area contributed by atoms with Crippen LogP contribution in [0.1, 0.15) is 37.9 Å². The topological polar surface area (TPSA) is 87.7 Å². The highest BCUT2D eigenvalue weighted by Gasteiger charge is 2.20. The number of ether oxygens (including phenoxy) is 1. The van der Waals surface area contributed by atoms with Crippen LogP contribution in [0.15, 0.2) is 78.9 Å². The molecule has 0 fully saturated rings. The second-order valence-corrected chi connectivity index (χ2v) is 7.53. The summed E-state index contributed by atoms with van der Waals surface area (Å²) in [5, 5.41) is 15.6. The summed E-state index contributed by atoms with van der Waals surface area (Å²) in [7, 11) is 0. The first kappa shape index (κ1) is 20.6. The standard InChI is InChI=1S/C25H24N2O4/c28-15-21-12-17-6-4-11-22(13-17)31-16-23(18-7-2-1-3-8-18)27-25(30)20-10-5-9-19(14-20)24(29)26-21/h1-11,13-14,21,23,28H,12,15-16H2,(H,26,29)(H,27,30)/t21?,23-/m1/s1. The van der Waals surface area contributed by atoms with Crippen molar-refractivity contribution in [3.63, 3.8) is 0 Å². The zero-order chi connectivity index (χ0) is 21.6. The van der Waals surface area contributed by atoms with Gasteiger partial charge in [-0.2, -0.15) is 0 Å². The number of carbonyl (C=O) groups excluding carboxylic acids is 2. The summed E-state index contributed by atoms with van der Waals surface area (Å²) in [6.07, 6.45) is 0.457. The monoisotopic (exact) mass is 416 g/mol. The van der Waals surface area contributed by atoms with Gasteiger partial charge in [-0.1, -0.05) is 48.5 Å². The first-order chi connectivity index (χ1) is 15.1.